The van der Waals surface area contributed by atoms with Crippen LogP contribution in [0, 0.1) is 22.7 Å². The molecule has 2 aromatic heterocycles. The number of hydrogen-bond donors (Lipinski definition) is 0. The van der Waals surface area contributed by atoms with Gasteiger partial charge in [0, 0.05) is 31.3 Å². The summed E-state index contributed by atoms with van der Waals surface area (Å²) in [6.45, 7) is 2.83. The molecule has 1 amide bonds. The molecule has 0 spiro atoms. The van der Waals surface area contributed by atoms with Crippen LogP contribution in [0.2, 0.25) is 0 Å². The summed E-state index contributed by atoms with van der Waals surface area (Å²) in [6.07, 6.45) is 4.46. The van der Waals surface area contributed by atoms with Crippen LogP contribution in [0.4, 0.5) is 0 Å². The van der Waals surface area contributed by atoms with Crippen molar-refractivity contribution in [3.05, 3.63) is 48.0 Å². The zero-order valence-corrected chi connectivity index (χ0v) is 13.6. The third-order valence-electron chi connectivity index (χ3n) is 4.95. The number of nitriles is 1. The number of rotatable bonds is 4. The van der Waals surface area contributed by atoms with Gasteiger partial charge in [-0.15, -0.1) is 0 Å². The molecular formula is C18H17N3O4. The summed E-state index contributed by atoms with van der Waals surface area (Å²) in [5.41, 5.74) is 0.825. The predicted molar refractivity (Wildman–Crippen MR) is 85.8 cm³/mol. The highest BCUT2D eigenvalue weighted by atomic mass is 16.5. The Kier molecular flexibility index (Phi) is 3.90. The number of hydrogen-bond acceptors (Lipinski definition) is 6. The molecule has 128 valence electrons. The van der Waals surface area contributed by atoms with E-state index in [1.807, 2.05) is 11.0 Å². The zero-order valence-electron chi connectivity index (χ0n) is 13.6. The van der Waals surface area contributed by atoms with E-state index in [1.165, 1.54) is 18.7 Å². The van der Waals surface area contributed by atoms with Gasteiger partial charge in [-0.25, -0.2) is 4.98 Å². The first-order valence-electron chi connectivity index (χ1n) is 8.08. The molecule has 0 aliphatic carbocycles. The van der Waals surface area contributed by atoms with Gasteiger partial charge in [-0.3, -0.25) is 4.79 Å². The van der Waals surface area contributed by atoms with E-state index in [2.05, 4.69) is 4.98 Å². The molecule has 25 heavy (non-hydrogen) atoms. The summed E-state index contributed by atoms with van der Waals surface area (Å²) in [7, 11) is 0. The molecule has 2 atom stereocenters. The third kappa shape index (κ3) is 2.85. The van der Waals surface area contributed by atoms with Gasteiger partial charge in [-0.05, 0) is 12.1 Å². The van der Waals surface area contributed by atoms with E-state index in [-0.39, 0.29) is 17.2 Å². The Morgan fingerprint density at radius 1 is 1.48 bits per heavy atom. The lowest BCUT2D eigenvalue weighted by molar-refractivity contribution is 0.0655. The van der Waals surface area contributed by atoms with Crippen molar-refractivity contribution < 1.29 is 18.7 Å². The second-order valence-corrected chi connectivity index (χ2v) is 6.56. The first-order chi connectivity index (χ1) is 12.2. The second-order valence-electron chi connectivity index (χ2n) is 6.56. The SMILES string of the molecule is N#Cc1ccc(OC[C@]23COC[C@H]2CN(C(=O)c2ccoc2)C3)nc1. The molecule has 0 aromatic carbocycles. The molecule has 7 nitrogen and oxygen atoms in total. The Balaban J connectivity index is 1.45. The van der Waals surface area contributed by atoms with Crippen LogP contribution < -0.4 is 4.74 Å². The van der Waals surface area contributed by atoms with Gasteiger partial charge in [0.05, 0.1) is 42.6 Å². The Labute approximate surface area is 144 Å². The number of fused-ring (bicyclic) bond motifs is 1. The van der Waals surface area contributed by atoms with Crippen LogP contribution in [0.25, 0.3) is 0 Å². The van der Waals surface area contributed by atoms with Gasteiger partial charge < -0.3 is 18.8 Å². The quantitative estimate of drug-likeness (QED) is 0.842. The van der Waals surface area contributed by atoms with Crippen molar-refractivity contribution in [1.82, 2.24) is 9.88 Å². The van der Waals surface area contributed by atoms with E-state index in [0.29, 0.717) is 49.9 Å². The minimum absolute atomic E-state index is 0.0287. The van der Waals surface area contributed by atoms with Crippen molar-refractivity contribution in [3.63, 3.8) is 0 Å². The van der Waals surface area contributed by atoms with E-state index >= 15 is 0 Å². The summed E-state index contributed by atoms with van der Waals surface area (Å²) < 4.78 is 16.5. The molecule has 0 saturated carbocycles. The molecule has 2 saturated heterocycles. The maximum atomic E-state index is 12.6. The van der Waals surface area contributed by atoms with Crippen molar-refractivity contribution >= 4 is 5.91 Å². The van der Waals surface area contributed by atoms with E-state index in [0.717, 1.165) is 0 Å². The first-order valence-corrected chi connectivity index (χ1v) is 8.08. The Bertz CT molecular complexity index is 797. The van der Waals surface area contributed by atoms with Gasteiger partial charge in [0.2, 0.25) is 5.88 Å². The molecule has 2 aliphatic heterocycles. The van der Waals surface area contributed by atoms with Crippen molar-refractivity contribution in [2.45, 2.75) is 0 Å². The fourth-order valence-electron chi connectivity index (χ4n) is 3.51. The lowest BCUT2D eigenvalue weighted by Gasteiger charge is -2.26. The van der Waals surface area contributed by atoms with E-state index in [9.17, 15) is 4.79 Å². The highest BCUT2D eigenvalue weighted by Crippen LogP contribution is 2.42. The van der Waals surface area contributed by atoms with Crippen LogP contribution in [0.5, 0.6) is 5.88 Å². The summed E-state index contributed by atoms with van der Waals surface area (Å²) >= 11 is 0. The number of furan rings is 1. The molecule has 0 unspecified atom stereocenters. The maximum Gasteiger partial charge on any atom is 0.257 e. The Hall–Kier alpha value is -2.85. The summed E-state index contributed by atoms with van der Waals surface area (Å²) in [5, 5.41) is 8.82. The number of carbonyl (C=O) groups is 1. The number of aromatic nitrogens is 1. The molecule has 7 heteroatoms. The summed E-state index contributed by atoms with van der Waals surface area (Å²) in [6, 6.07) is 7.06. The van der Waals surface area contributed by atoms with Crippen LogP contribution in [-0.2, 0) is 4.74 Å². The number of amides is 1. The first kappa shape index (κ1) is 15.7. The highest BCUT2D eigenvalue weighted by Gasteiger charge is 2.52. The molecule has 0 N–H and O–H groups in total. The van der Waals surface area contributed by atoms with Crippen molar-refractivity contribution in [3.8, 4) is 11.9 Å². The number of likely N-dealkylation sites (tertiary alicyclic amines) is 1. The predicted octanol–water partition coefficient (Wildman–Crippen LogP) is 1.71. The monoisotopic (exact) mass is 339 g/mol. The summed E-state index contributed by atoms with van der Waals surface area (Å²) in [4.78, 5) is 18.5. The molecular weight excluding hydrogens is 322 g/mol. The van der Waals surface area contributed by atoms with Crippen molar-refractivity contribution in [2.75, 3.05) is 32.9 Å². The van der Waals surface area contributed by atoms with Crippen LogP contribution in [-0.4, -0.2) is 48.7 Å². The van der Waals surface area contributed by atoms with Crippen LogP contribution in [0.3, 0.4) is 0 Å². The van der Waals surface area contributed by atoms with Crippen LogP contribution in [0.1, 0.15) is 15.9 Å². The molecule has 4 heterocycles. The normalized spacial score (nSPS) is 24.8. The topological polar surface area (TPSA) is 88.6 Å². The average Bonchev–Trinajstić information content (AvgIpc) is 3.35. The smallest absolute Gasteiger partial charge is 0.257 e. The lowest BCUT2D eigenvalue weighted by atomic mass is 9.82. The Morgan fingerprint density at radius 2 is 2.40 bits per heavy atom. The largest absolute Gasteiger partial charge is 0.477 e. The average molecular weight is 339 g/mol. The second kappa shape index (κ2) is 6.22. The van der Waals surface area contributed by atoms with Gasteiger partial charge in [0.1, 0.15) is 12.3 Å². The lowest BCUT2D eigenvalue weighted by Crippen LogP contribution is -2.38. The van der Waals surface area contributed by atoms with E-state index in [4.69, 9.17) is 19.2 Å². The van der Waals surface area contributed by atoms with E-state index < -0.39 is 0 Å². The minimum atomic E-state index is -0.227. The molecule has 4 rings (SSSR count). The Morgan fingerprint density at radius 3 is 3.12 bits per heavy atom. The summed E-state index contributed by atoms with van der Waals surface area (Å²) in [5.74, 6) is 0.680. The van der Waals surface area contributed by atoms with Gasteiger partial charge in [-0.2, -0.15) is 5.26 Å². The van der Waals surface area contributed by atoms with Crippen molar-refractivity contribution in [1.29, 1.82) is 5.26 Å². The van der Waals surface area contributed by atoms with Gasteiger partial charge >= 0.3 is 0 Å². The maximum absolute atomic E-state index is 12.6. The fourth-order valence-corrected chi connectivity index (χ4v) is 3.51. The van der Waals surface area contributed by atoms with Crippen molar-refractivity contribution in [2.24, 2.45) is 11.3 Å². The third-order valence-corrected chi connectivity index (χ3v) is 4.95. The molecule has 2 aliphatic rings. The number of pyridine rings is 1. The molecule has 0 radical (unpaired) electrons. The fraction of sp³-hybridized carbons (Fsp3) is 0.389. The van der Waals surface area contributed by atoms with Crippen LogP contribution >= 0.6 is 0 Å². The standard InChI is InChI=1S/C18H17N3O4/c19-5-13-1-2-16(20-6-13)25-12-18-10-21(7-15(18)9-24-11-18)17(22)14-3-4-23-8-14/h1-4,6,8,15H,7,9-12H2/t15-,18+/m1/s1. The van der Waals surface area contributed by atoms with Gasteiger partial charge in [-0.1, -0.05) is 0 Å². The molecule has 2 aromatic rings. The minimum Gasteiger partial charge on any atom is -0.477 e. The highest BCUT2D eigenvalue weighted by molar-refractivity contribution is 5.94. The van der Waals surface area contributed by atoms with Crippen LogP contribution in [0.15, 0.2) is 41.3 Å². The number of nitrogens with zero attached hydrogens (tertiary/aromatic N) is 3. The number of ether oxygens (including phenoxy) is 2. The number of carbonyl (C=O) groups excluding carboxylic acids is 1. The van der Waals surface area contributed by atoms with Gasteiger partial charge in [0.25, 0.3) is 5.91 Å². The molecule has 2 fully saturated rings. The van der Waals surface area contributed by atoms with E-state index in [1.54, 1.807) is 18.2 Å². The molecule has 0 bridgehead atoms. The zero-order chi connectivity index (χ0) is 17.3. The van der Waals surface area contributed by atoms with Gasteiger partial charge in [0.15, 0.2) is 0 Å².